The van der Waals surface area contributed by atoms with Crippen LogP contribution in [0.5, 0.6) is 0 Å². The second kappa shape index (κ2) is 11.2. The quantitative estimate of drug-likeness (QED) is 0.290. The number of halogens is 1. The molecular weight excluding hydrogens is 503 g/mol. The van der Waals surface area contributed by atoms with Gasteiger partial charge in [0.05, 0.1) is 19.2 Å². The molecule has 0 amide bonds. The van der Waals surface area contributed by atoms with Gasteiger partial charge in [-0.2, -0.15) is 5.10 Å². The molecule has 1 fully saturated rings. The maximum absolute atomic E-state index is 9.86. The van der Waals surface area contributed by atoms with Crippen LogP contribution in [0.3, 0.4) is 0 Å². The van der Waals surface area contributed by atoms with E-state index in [4.69, 9.17) is 4.99 Å². The molecule has 0 spiro atoms. The van der Waals surface area contributed by atoms with E-state index in [1.807, 2.05) is 4.68 Å². The minimum absolute atomic E-state index is 0. The second-order valence-corrected chi connectivity index (χ2v) is 7.51. The SMILES string of the molecule is CCNC(=NCc1ccccc1-c1ccc(Cn2cncn2)cc1)N1CC[C@@H](O)C1.I. The summed E-state index contributed by atoms with van der Waals surface area (Å²) in [6.07, 6.45) is 3.80. The molecule has 0 bridgehead atoms. The fourth-order valence-corrected chi connectivity index (χ4v) is 3.75. The molecule has 2 aromatic carbocycles. The van der Waals surface area contributed by atoms with Crippen LogP contribution in [-0.2, 0) is 13.1 Å². The van der Waals surface area contributed by atoms with E-state index < -0.39 is 0 Å². The number of benzene rings is 2. The summed E-state index contributed by atoms with van der Waals surface area (Å²) in [5.74, 6) is 0.868. The minimum atomic E-state index is -0.267. The summed E-state index contributed by atoms with van der Waals surface area (Å²) in [5.41, 5.74) is 4.72. The number of aliphatic hydroxyl groups is 1. The molecule has 0 saturated carbocycles. The van der Waals surface area contributed by atoms with Gasteiger partial charge < -0.3 is 15.3 Å². The van der Waals surface area contributed by atoms with Gasteiger partial charge in [0.2, 0.25) is 0 Å². The number of hydrogen-bond acceptors (Lipinski definition) is 4. The topological polar surface area (TPSA) is 78.6 Å². The molecule has 0 radical (unpaired) electrons. The second-order valence-electron chi connectivity index (χ2n) is 7.51. The summed E-state index contributed by atoms with van der Waals surface area (Å²) in [5, 5.41) is 17.4. The molecule has 2 N–H and O–H groups in total. The molecule has 3 aromatic rings. The van der Waals surface area contributed by atoms with E-state index in [0.29, 0.717) is 19.6 Å². The Labute approximate surface area is 200 Å². The third-order valence-corrected chi connectivity index (χ3v) is 5.29. The van der Waals surface area contributed by atoms with Gasteiger partial charge in [0.25, 0.3) is 0 Å². The molecule has 7 nitrogen and oxygen atoms in total. The number of nitrogens with one attached hydrogen (secondary N) is 1. The first-order chi connectivity index (χ1) is 14.7. The van der Waals surface area contributed by atoms with E-state index in [2.05, 4.69) is 75.8 Å². The highest BCUT2D eigenvalue weighted by Crippen LogP contribution is 2.25. The van der Waals surface area contributed by atoms with E-state index in [-0.39, 0.29) is 30.1 Å². The molecule has 8 heteroatoms. The average molecular weight is 532 g/mol. The first kappa shape index (κ1) is 23.2. The Morgan fingerprint density at radius 1 is 1.19 bits per heavy atom. The Morgan fingerprint density at radius 2 is 2.00 bits per heavy atom. The van der Waals surface area contributed by atoms with Gasteiger partial charge in [0, 0.05) is 19.6 Å². The Morgan fingerprint density at radius 3 is 2.68 bits per heavy atom. The Kier molecular flexibility index (Phi) is 8.42. The summed E-state index contributed by atoms with van der Waals surface area (Å²) in [6, 6.07) is 17.0. The van der Waals surface area contributed by atoms with Crippen LogP contribution < -0.4 is 5.32 Å². The van der Waals surface area contributed by atoms with Crippen molar-refractivity contribution in [3.05, 3.63) is 72.3 Å². The van der Waals surface area contributed by atoms with E-state index in [0.717, 1.165) is 25.5 Å². The van der Waals surface area contributed by atoms with E-state index in [1.165, 1.54) is 22.3 Å². The van der Waals surface area contributed by atoms with Gasteiger partial charge >= 0.3 is 0 Å². The zero-order valence-electron chi connectivity index (χ0n) is 17.7. The minimum Gasteiger partial charge on any atom is -0.391 e. The number of aliphatic hydroxyl groups excluding tert-OH is 1. The van der Waals surface area contributed by atoms with Gasteiger partial charge in [-0.3, -0.25) is 0 Å². The van der Waals surface area contributed by atoms with Crippen LogP contribution in [-0.4, -0.2) is 56.5 Å². The Balaban J connectivity index is 0.00000272. The number of rotatable bonds is 6. The fourth-order valence-electron chi connectivity index (χ4n) is 3.75. The molecule has 1 aliphatic heterocycles. The van der Waals surface area contributed by atoms with Crippen LogP contribution in [0.25, 0.3) is 11.1 Å². The summed E-state index contributed by atoms with van der Waals surface area (Å²) in [4.78, 5) is 11.0. The molecule has 2 heterocycles. The average Bonchev–Trinajstić information content (AvgIpc) is 3.44. The third-order valence-electron chi connectivity index (χ3n) is 5.29. The van der Waals surface area contributed by atoms with Crippen LogP contribution in [0.4, 0.5) is 0 Å². The Bertz CT molecular complexity index is 974. The van der Waals surface area contributed by atoms with E-state index in [9.17, 15) is 5.11 Å². The van der Waals surface area contributed by atoms with Crippen molar-refractivity contribution in [2.45, 2.75) is 32.5 Å². The third kappa shape index (κ3) is 6.04. The molecule has 1 aromatic heterocycles. The van der Waals surface area contributed by atoms with Crippen molar-refractivity contribution in [1.82, 2.24) is 25.0 Å². The van der Waals surface area contributed by atoms with Crippen molar-refractivity contribution in [2.24, 2.45) is 4.99 Å². The van der Waals surface area contributed by atoms with Crippen molar-refractivity contribution < 1.29 is 5.11 Å². The first-order valence-corrected chi connectivity index (χ1v) is 10.4. The monoisotopic (exact) mass is 532 g/mol. The molecule has 1 saturated heterocycles. The highest BCUT2D eigenvalue weighted by atomic mass is 127. The van der Waals surface area contributed by atoms with Crippen LogP contribution >= 0.6 is 24.0 Å². The molecule has 1 atom stereocenters. The van der Waals surface area contributed by atoms with Gasteiger partial charge in [-0.05, 0) is 35.6 Å². The summed E-state index contributed by atoms with van der Waals surface area (Å²) in [6.45, 7) is 5.64. The van der Waals surface area contributed by atoms with Crippen molar-refractivity contribution in [3.8, 4) is 11.1 Å². The van der Waals surface area contributed by atoms with Gasteiger partial charge in [0.1, 0.15) is 12.7 Å². The van der Waals surface area contributed by atoms with Crippen molar-refractivity contribution >= 4 is 29.9 Å². The maximum atomic E-state index is 9.86. The lowest BCUT2D eigenvalue weighted by molar-refractivity contribution is 0.188. The predicted molar refractivity (Wildman–Crippen MR) is 133 cm³/mol. The summed E-state index contributed by atoms with van der Waals surface area (Å²) in [7, 11) is 0. The van der Waals surface area contributed by atoms with Gasteiger partial charge in [-0.15, -0.1) is 24.0 Å². The summed E-state index contributed by atoms with van der Waals surface area (Å²) >= 11 is 0. The van der Waals surface area contributed by atoms with Crippen LogP contribution in [0.15, 0.2) is 66.2 Å². The maximum Gasteiger partial charge on any atom is 0.194 e. The molecular formula is C23H29IN6O. The lowest BCUT2D eigenvalue weighted by Crippen LogP contribution is -2.40. The number of likely N-dealkylation sites (tertiary alicyclic amines) is 1. The lowest BCUT2D eigenvalue weighted by atomic mass is 9.98. The van der Waals surface area contributed by atoms with Crippen molar-refractivity contribution in [1.29, 1.82) is 0 Å². The highest BCUT2D eigenvalue weighted by molar-refractivity contribution is 14.0. The van der Waals surface area contributed by atoms with E-state index in [1.54, 1.807) is 12.7 Å². The number of aliphatic imine (C=N–C) groups is 1. The number of guanidine groups is 1. The lowest BCUT2D eigenvalue weighted by Gasteiger charge is -2.21. The smallest absolute Gasteiger partial charge is 0.194 e. The summed E-state index contributed by atoms with van der Waals surface area (Å²) < 4.78 is 1.81. The van der Waals surface area contributed by atoms with Gasteiger partial charge in [-0.25, -0.2) is 14.7 Å². The molecule has 0 unspecified atom stereocenters. The van der Waals surface area contributed by atoms with Crippen LogP contribution in [0, 0.1) is 0 Å². The highest BCUT2D eigenvalue weighted by Gasteiger charge is 2.22. The first-order valence-electron chi connectivity index (χ1n) is 10.4. The number of nitrogens with zero attached hydrogens (tertiary/aromatic N) is 5. The van der Waals surface area contributed by atoms with Crippen LogP contribution in [0.1, 0.15) is 24.5 Å². The van der Waals surface area contributed by atoms with Crippen molar-refractivity contribution in [3.63, 3.8) is 0 Å². The zero-order chi connectivity index (χ0) is 20.8. The molecule has 0 aliphatic carbocycles. The standard InChI is InChI=1S/C23H28N6O.HI/c1-2-25-23(28-12-11-21(30)15-28)26-13-20-5-3-4-6-22(20)19-9-7-18(8-10-19)14-29-17-24-16-27-29;/h3-10,16-17,21,30H,2,11-15H2,1H3,(H,25,26);1H/t21-;/m1./s1. The normalized spacial score (nSPS) is 16.3. The zero-order valence-corrected chi connectivity index (χ0v) is 20.0. The largest absolute Gasteiger partial charge is 0.391 e. The molecule has 164 valence electrons. The Hall–Kier alpha value is -2.46. The molecule has 1 aliphatic rings. The van der Waals surface area contributed by atoms with Gasteiger partial charge in [-0.1, -0.05) is 48.5 Å². The number of aromatic nitrogens is 3. The van der Waals surface area contributed by atoms with Gasteiger partial charge in [0.15, 0.2) is 5.96 Å². The van der Waals surface area contributed by atoms with Crippen LogP contribution in [0.2, 0.25) is 0 Å². The van der Waals surface area contributed by atoms with Crippen molar-refractivity contribution in [2.75, 3.05) is 19.6 Å². The number of hydrogen-bond donors (Lipinski definition) is 2. The molecule has 4 rings (SSSR count). The number of β-amino-alcohol motifs (C(OH)–C–C–N with tert-alkyl or cyclic N) is 1. The predicted octanol–water partition coefficient (Wildman–Crippen LogP) is 3.14. The molecule has 31 heavy (non-hydrogen) atoms. The van der Waals surface area contributed by atoms with E-state index >= 15 is 0 Å². The fraction of sp³-hybridized carbons (Fsp3) is 0.348.